The van der Waals surface area contributed by atoms with Gasteiger partial charge in [0, 0.05) is 10.9 Å². The zero-order chi connectivity index (χ0) is 10.6. The lowest BCUT2D eigenvalue weighted by Crippen LogP contribution is -3.00. The molecule has 1 rings (SSSR count). The number of carboxylic acid groups (broad SMARTS) is 1. The predicted octanol–water partition coefficient (Wildman–Crippen LogP) is -1.14. The van der Waals surface area contributed by atoms with E-state index in [0.29, 0.717) is 11.6 Å². The first kappa shape index (κ1) is 14.2. The summed E-state index contributed by atoms with van der Waals surface area (Å²) in [4.78, 5) is 10.5. The molecular formula is C10H12Cl2NO2-. The van der Waals surface area contributed by atoms with Crippen LogP contribution in [-0.2, 0) is 4.79 Å². The van der Waals surface area contributed by atoms with Gasteiger partial charge in [-0.25, -0.2) is 0 Å². The number of benzene rings is 1. The Labute approximate surface area is 99.6 Å². The summed E-state index contributed by atoms with van der Waals surface area (Å²) in [5, 5.41) is 9.29. The third-order valence-electron chi connectivity index (χ3n) is 2.05. The summed E-state index contributed by atoms with van der Waals surface area (Å²) < 4.78 is 0. The van der Waals surface area contributed by atoms with Gasteiger partial charge in [-0.3, -0.25) is 4.79 Å². The van der Waals surface area contributed by atoms with Crippen LogP contribution in [0.4, 0.5) is 0 Å². The van der Waals surface area contributed by atoms with E-state index >= 15 is 0 Å². The van der Waals surface area contributed by atoms with E-state index in [4.69, 9.17) is 22.4 Å². The average Bonchev–Trinajstić information content (AvgIpc) is 2.15. The van der Waals surface area contributed by atoms with Crippen molar-refractivity contribution in [1.29, 1.82) is 0 Å². The summed E-state index contributed by atoms with van der Waals surface area (Å²) in [7, 11) is 0. The van der Waals surface area contributed by atoms with Gasteiger partial charge in [0.15, 0.2) is 0 Å². The lowest BCUT2D eigenvalue weighted by atomic mass is 9.96. The monoisotopic (exact) mass is 248 g/mol. The first-order valence-electron chi connectivity index (χ1n) is 4.31. The summed E-state index contributed by atoms with van der Waals surface area (Å²) >= 11 is 5.72. The van der Waals surface area contributed by atoms with Crippen molar-refractivity contribution in [3.05, 3.63) is 34.9 Å². The molecule has 1 aromatic carbocycles. The Bertz CT molecular complexity index is 314. The lowest BCUT2D eigenvalue weighted by Gasteiger charge is -2.12. The number of hydrogen-bond donors (Lipinski definition) is 2. The molecule has 0 fully saturated rings. The summed E-state index contributed by atoms with van der Waals surface area (Å²) in [6.07, 6.45) is 0.0537. The van der Waals surface area contributed by atoms with Crippen LogP contribution in [0, 0.1) is 0 Å². The zero-order valence-electron chi connectivity index (χ0n) is 7.99. The number of rotatable bonds is 4. The van der Waals surface area contributed by atoms with E-state index in [-0.39, 0.29) is 24.7 Å². The molecule has 84 valence electrons. The Balaban J connectivity index is 0.00000196. The first-order chi connectivity index (χ1) is 6.63. The van der Waals surface area contributed by atoms with E-state index in [9.17, 15) is 4.79 Å². The van der Waals surface area contributed by atoms with E-state index in [0.717, 1.165) is 5.56 Å². The molecule has 3 nitrogen and oxygen atoms in total. The van der Waals surface area contributed by atoms with Crippen LogP contribution in [0.1, 0.15) is 17.9 Å². The van der Waals surface area contributed by atoms with Crippen LogP contribution in [0.3, 0.4) is 0 Å². The van der Waals surface area contributed by atoms with Crippen molar-refractivity contribution in [2.45, 2.75) is 12.3 Å². The molecule has 0 spiro atoms. The zero-order valence-corrected chi connectivity index (χ0v) is 9.50. The highest BCUT2D eigenvalue weighted by atomic mass is 35.5. The van der Waals surface area contributed by atoms with Crippen LogP contribution in [0.25, 0.3) is 0 Å². The number of carboxylic acids is 1. The Morgan fingerprint density at radius 1 is 1.40 bits per heavy atom. The van der Waals surface area contributed by atoms with Gasteiger partial charge in [-0.2, -0.15) is 0 Å². The van der Waals surface area contributed by atoms with E-state index in [1.54, 1.807) is 12.1 Å². The molecule has 1 atom stereocenters. The highest BCUT2D eigenvalue weighted by Crippen LogP contribution is 2.20. The van der Waals surface area contributed by atoms with Crippen LogP contribution in [0.5, 0.6) is 0 Å². The van der Waals surface area contributed by atoms with E-state index in [1.807, 2.05) is 12.1 Å². The van der Waals surface area contributed by atoms with Gasteiger partial charge in [-0.1, -0.05) is 23.7 Å². The second-order valence-electron chi connectivity index (χ2n) is 3.08. The summed E-state index contributed by atoms with van der Waals surface area (Å²) in [5.74, 6) is -0.972. The molecule has 1 aromatic rings. The predicted molar refractivity (Wildman–Crippen MR) is 55.5 cm³/mol. The minimum atomic E-state index is -0.838. The second-order valence-corrected chi connectivity index (χ2v) is 3.52. The summed E-state index contributed by atoms with van der Waals surface area (Å²) in [5.41, 5.74) is 6.41. The maximum atomic E-state index is 10.5. The molecule has 1 unspecified atom stereocenters. The molecule has 0 aromatic heterocycles. The molecule has 5 heteroatoms. The molecule has 0 bridgehead atoms. The van der Waals surface area contributed by atoms with Crippen molar-refractivity contribution in [1.82, 2.24) is 0 Å². The van der Waals surface area contributed by atoms with Crippen LogP contribution in [-0.4, -0.2) is 17.6 Å². The number of carbonyl (C=O) groups is 1. The van der Waals surface area contributed by atoms with Crippen molar-refractivity contribution in [3.63, 3.8) is 0 Å². The minimum Gasteiger partial charge on any atom is -1.00 e. The smallest absolute Gasteiger partial charge is 0.304 e. The van der Waals surface area contributed by atoms with E-state index in [2.05, 4.69) is 0 Å². The van der Waals surface area contributed by atoms with E-state index in [1.165, 1.54) is 0 Å². The maximum absolute atomic E-state index is 10.5. The molecular weight excluding hydrogens is 237 g/mol. The van der Waals surface area contributed by atoms with Crippen LogP contribution < -0.4 is 18.1 Å². The molecule has 3 N–H and O–H groups in total. The summed E-state index contributed by atoms with van der Waals surface area (Å²) in [6, 6.07) is 7.09. The normalized spacial score (nSPS) is 11.6. The van der Waals surface area contributed by atoms with Crippen LogP contribution in [0.2, 0.25) is 5.02 Å². The Morgan fingerprint density at radius 2 is 1.93 bits per heavy atom. The van der Waals surface area contributed by atoms with Crippen molar-refractivity contribution in [2.75, 3.05) is 6.54 Å². The molecule has 0 amide bonds. The SMILES string of the molecule is NCC(CC(=O)O)c1ccc(Cl)cc1.[Cl-]. The average molecular weight is 249 g/mol. The van der Waals surface area contributed by atoms with Crippen LogP contribution in [0.15, 0.2) is 24.3 Å². The third-order valence-corrected chi connectivity index (χ3v) is 2.30. The highest BCUT2D eigenvalue weighted by molar-refractivity contribution is 6.30. The van der Waals surface area contributed by atoms with Gasteiger partial charge in [0.2, 0.25) is 0 Å². The second kappa shape index (κ2) is 6.67. The lowest BCUT2D eigenvalue weighted by molar-refractivity contribution is -0.137. The fourth-order valence-corrected chi connectivity index (χ4v) is 1.41. The first-order valence-corrected chi connectivity index (χ1v) is 4.68. The largest absolute Gasteiger partial charge is 1.00 e. The van der Waals surface area contributed by atoms with Crippen LogP contribution >= 0.6 is 11.6 Å². The fourth-order valence-electron chi connectivity index (χ4n) is 1.28. The molecule has 0 saturated heterocycles. The Hall–Kier alpha value is -0.770. The fraction of sp³-hybridized carbons (Fsp3) is 0.300. The molecule has 0 aliphatic heterocycles. The number of halogens is 2. The van der Waals surface area contributed by atoms with Gasteiger partial charge in [-0.05, 0) is 24.2 Å². The van der Waals surface area contributed by atoms with E-state index < -0.39 is 5.97 Å². The highest BCUT2D eigenvalue weighted by Gasteiger charge is 2.13. The molecule has 15 heavy (non-hydrogen) atoms. The van der Waals surface area contributed by atoms with Gasteiger partial charge < -0.3 is 23.2 Å². The van der Waals surface area contributed by atoms with Gasteiger partial charge in [0.1, 0.15) is 0 Å². The quantitative estimate of drug-likeness (QED) is 0.709. The summed E-state index contributed by atoms with van der Waals surface area (Å²) in [6.45, 7) is 0.327. The molecule has 0 saturated carbocycles. The minimum absolute atomic E-state index is 0. The number of hydrogen-bond acceptors (Lipinski definition) is 2. The Morgan fingerprint density at radius 3 is 2.33 bits per heavy atom. The van der Waals surface area contributed by atoms with Crippen molar-refractivity contribution in [3.8, 4) is 0 Å². The topological polar surface area (TPSA) is 63.3 Å². The maximum Gasteiger partial charge on any atom is 0.304 e. The molecule has 0 heterocycles. The molecule has 0 aliphatic carbocycles. The molecule has 0 aliphatic rings. The van der Waals surface area contributed by atoms with Gasteiger partial charge in [0.25, 0.3) is 0 Å². The number of aliphatic carboxylic acids is 1. The number of nitrogens with two attached hydrogens (primary N) is 1. The van der Waals surface area contributed by atoms with Crippen molar-refractivity contribution in [2.24, 2.45) is 5.73 Å². The van der Waals surface area contributed by atoms with Crippen molar-refractivity contribution >= 4 is 17.6 Å². The molecule has 0 radical (unpaired) electrons. The van der Waals surface area contributed by atoms with Gasteiger partial charge in [-0.15, -0.1) is 0 Å². The van der Waals surface area contributed by atoms with Gasteiger partial charge >= 0.3 is 5.97 Å². The Kier molecular flexibility index (Phi) is 6.32. The van der Waals surface area contributed by atoms with Crippen molar-refractivity contribution < 1.29 is 22.3 Å². The standard InChI is InChI=1S/C10H12ClNO2.ClH/c11-9-3-1-7(2-4-9)8(6-12)5-10(13)14;/h1-4,8H,5-6,12H2,(H,13,14);1H/p-1. The third kappa shape index (κ3) is 4.51. The van der Waals surface area contributed by atoms with Gasteiger partial charge in [0.05, 0.1) is 6.42 Å².